The van der Waals surface area contributed by atoms with E-state index in [0.717, 1.165) is 6.20 Å². The Morgan fingerprint density at radius 1 is 1.54 bits per heavy atom. The number of pyridine rings is 1. The first-order chi connectivity index (χ1) is 6.07. The molecule has 0 unspecified atom stereocenters. The van der Waals surface area contributed by atoms with Crippen LogP contribution in [0.15, 0.2) is 6.20 Å². The van der Waals surface area contributed by atoms with Crippen LogP contribution >= 0.6 is 0 Å². The maximum Gasteiger partial charge on any atom is 0.284 e. The van der Waals surface area contributed by atoms with Crippen molar-refractivity contribution in [2.24, 2.45) is 0 Å². The molecule has 0 aliphatic carbocycles. The molecule has 1 aromatic heterocycles. The van der Waals surface area contributed by atoms with Gasteiger partial charge in [-0.1, -0.05) is 0 Å². The molecule has 0 amide bonds. The summed E-state index contributed by atoms with van der Waals surface area (Å²) < 4.78 is 24.3. The molecule has 5 heteroatoms. The highest BCUT2D eigenvalue weighted by Crippen LogP contribution is 2.30. The second-order valence-corrected chi connectivity index (χ2v) is 2.60. The van der Waals surface area contributed by atoms with Crippen LogP contribution in [0, 0.1) is 6.92 Å². The van der Waals surface area contributed by atoms with Crippen LogP contribution in [0.4, 0.5) is 8.78 Å². The Morgan fingerprint density at radius 2 is 2.15 bits per heavy atom. The van der Waals surface area contributed by atoms with E-state index < -0.39 is 17.9 Å². The first-order valence-corrected chi connectivity index (χ1v) is 3.64. The SMILES string of the molecule is Cc1c(CO)cnc(C(F)F)c1O. The average Bonchev–Trinajstić information content (AvgIpc) is 2.09. The van der Waals surface area contributed by atoms with Crippen LogP contribution in [0.3, 0.4) is 0 Å². The van der Waals surface area contributed by atoms with E-state index in [1.54, 1.807) is 0 Å². The quantitative estimate of drug-likeness (QED) is 0.741. The standard InChI is InChI=1S/C8H9F2NO2/c1-4-5(3-12)2-11-6(7(4)13)8(9)10/h2,8,12-13H,3H2,1H3. The topological polar surface area (TPSA) is 53.4 Å². The lowest BCUT2D eigenvalue weighted by Crippen LogP contribution is -1.97. The molecule has 72 valence electrons. The molecule has 13 heavy (non-hydrogen) atoms. The van der Waals surface area contributed by atoms with Crippen molar-refractivity contribution in [1.29, 1.82) is 0 Å². The second kappa shape index (κ2) is 3.66. The fraction of sp³-hybridized carbons (Fsp3) is 0.375. The predicted molar refractivity (Wildman–Crippen MR) is 41.5 cm³/mol. The summed E-state index contributed by atoms with van der Waals surface area (Å²) in [5.74, 6) is -0.540. The lowest BCUT2D eigenvalue weighted by molar-refractivity contribution is 0.141. The van der Waals surface area contributed by atoms with Crippen molar-refractivity contribution in [3.63, 3.8) is 0 Å². The fourth-order valence-corrected chi connectivity index (χ4v) is 0.969. The number of rotatable bonds is 2. The Morgan fingerprint density at radius 3 is 2.62 bits per heavy atom. The minimum atomic E-state index is -2.80. The smallest absolute Gasteiger partial charge is 0.284 e. The zero-order valence-corrected chi connectivity index (χ0v) is 6.96. The molecule has 0 aliphatic rings. The van der Waals surface area contributed by atoms with E-state index in [1.807, 2.05) is 0 Å². The second-order valence-electron chi connectivity index (χ2n) is 2.60. The highest BCUT2D eigenvalue weighted by molar-refractivity contribution is 5.40. The minimum Gasteiger partial charge on any atom is -0.506 e. The summed E-state index contributed by atoms with van der Waals surface area (Å²) >= 11 is 0. The summed E-state index contributed by atoms with van der Waals surface area (Å²) in [4.78, 5) is 3.35. The summed E-state index contributed by atoms with van der Waals surface area (Å²) in [6.45, 7) is 1.13. The van der Waals surface area contributed by atoms with Gasteiger partial charge in [-0.2, -0.15) is 0 Å². The summed E-state index contributed by atoms with van der Waals surface area (Å²) in [5, 5.41) is 18.0. The van der Waals surface area contributed by atoms with Gasteiger partial charge in [0.25, 0.3) is 6.43 Å². The van der Waals surface area contributed by atoms with Gasteiger partial charge >= 0.3 is 0 Å². The number of halogens is 2. The molecule has 0 aliphatic heterocycles. The van der Waals surface area contributed by atoms with Gasteiger partial charge in [-0.05, 0) is 12.5 Å². The van der Waals surface area contributed by atoms with Crippen LogP contribution in [0.5, 0.6) is 5.75 Å². The van der Waals surface area contributed by atoms with E-state index in [-0.39, 0.29) is 12.2 Å². The highest BCUT2D eigenvalue weighted by Gasteiger charge is 2.17. The monoisotopic (exact) mass is 189 g/mol. The van der Waals surface area contributed by atoms with Gasteiger partial charge in [-0.3, -0.25) is 4.98 Å². The molecule has 0 bridgehead atoms. The number of nitrogens with zero attached hydrogens (tertiary/aromatic N) is 1. The zero-order valence-electron chi connectivity index (χ0n) is 6.96. The number of aliphatic hydroxyl groups excluding tert-OH is 1. The number of aliphatic hydroxyl groups is 1. The summed E-state index contributed by atoms with van der Waals surface area (Å²) in [5.41, 5.74) is -0.0515. The fourth-order valence-electron chi connectivity index (χ4n) is 0.969. The highest BCUT2D eigenvalue weighted by atomic mass is 19.3. The zero-order chi connectivity index (χ0) is 10.0. The van der Waals surface area contributed by atoms with E-state index >= 15 is 0 Å². The Kier molecular flexibility index (Phi) is 2.77. The molecule has 3 nitrogen and oxygen atoms in total. The maximum absolute atomic E-state index is 12.2. The number of aromatic hydroxyl groups is 1. The molecule has 0 spiro atoms. The van der Waals surface area contributed by atoms with Crippen molar-refractivity contribution < 1.29 is 19.0 Å². The Hall–Kier alpha value is -1.23. The van der Waals surface area contributed by atoms with Crippen molar-refractivity contribution in [2.45, 2.75) is 20.0 Å². The van der Waals surface area contributed by atoms with Crippen LogP contribution in [-0.4, -0.2) is 15.2 Å². The van der Waals surface area contributed by atoms with Gasteiger partial charge in [0.2, 0.25) is 0 Å². The molecule has 0 aromatic carbocycles. The van der Waals surface area contributed by atoms with E-state index in [9.17, 15) is 13.9 Å². The molecule has 1 rings (SSSR count). The van der Waals surface area contributed by atoms with Crippen molar-refractivity contribution in [3.05, 3.63) is 23.0 Å². The van der Waals surface area contributed by atoms with Crippen LogP contribution in [0.1, 0.15) is 23.2 Å². The molecular weight excluding hydrogens is 180 g/mol. The molecule has 0 atom stereocenters. The van der Waals surface area contributed by atoms with Gasteiger partial charge in [0.1, 0.15) is 11.4 Å². The number of hydrogen-bond acceptors (Lipinski definition) is 3. The minimum absolute atomic E-state index is 0.243. The first-order valence-electron chi connectivity index (χ1n) is 3.64. The molecule has 1 heterocycles. The van der Waals surface area contributed by atoms with Crippen molar-refractivity contribution in [1.82, 2.24) is 4.98 Å². The molecular formula is C8H9F2NO2. The van der Waals surface area contributed by atoms with Gasteiger partial charge in [0.05, 0.1) is 6.61 Å². The van der Waals surface area contributed by atoms with Gasteiger partial charge in [0.15, 0.2) is 0 Å². The van der Waals surface area contributed by atoms with E-state index in [1.165, 1.54) is 6.92 Å². The first kappa shape index (κ1) is 9.85. The Labute approximate surface area is 73.7 Å². The van der Waals surface area contributed by atoms with E-state index in [0.29, 0.717) is 5.56 Å². The molecule has 0 saturated carbocycles. The molecule has 1 aromatic rings. The lowest BCUT2D eigenvalue weighted by atomic mass is 10.1. The van der Waals surface area contributed by atoms with Gasteiger partial charge < -0.3 is 10.2 Å². The van der Waals surface area contributed by atoms with Gasteiger partial charge in [0, 0.05) is 11.8 Å². The number of aromatic nitrogens is 1. The number of alkyl halides is 2. The molecule has 0 fully saturated rings. The van der Waals surface area contributed by atoms with Gasteiger partial charge in [-0.15, -0.1) is 0 Å². The predicted octanol–water partition coefficient (Wildman–Crippen LogP) is 1.53. The van der Waals surface area contributed by atoms with E-state index in [2.05, 4.69) is 4.98 Å². The Bertz CT molecular complexity index is 315. The van der Waals surface area contributed by atoms with Crippen LogP contribution in [-0.2, 0) is 6.61 Å². The van der Waals surface area contributed by atoms with Crippen LogP contribution in [0.25, 0.3) is 0 Å². The third kappa shape index (κ3) is 1.75. The number of hydrogen-bond donors (Lipinski definition) is 2. The summed E-state index contributed by atoms with van der Waals surface area (Å²) in [6.07, 6.45) is -1.66. The summed E-state index contributed by atoms with van der Waals surface area (Å²) in [6, 6.07) is 0. The van der Waals surface area contributed by atoms with Crippen molar-refractivity contribution >= 4 is 0 Å². The van der Waals surface area contributed by atoms with Crippen molar-refractivity contribution in [2.75, 3.05) is 0 Å². The third-order valence-corrected chi connectivity index (χ3v) is 1.82. The molecule has 2 N–H and O–H groups in total. The molecule has 0 saturated heterocycles. The average molecular weight is 189 g/mol. The van der Waals surface area contributed by atoms with Crippen LogP contribution < -0.4 is 0 Å². The third-order valence-electron chi connectivity index (χ3n) is 1.82. The normalized spacial score (nSPS) is 10.8. The van der Waals surface area contributed by atoms with E-state index in [4.69, 9.17) is 5.11 Å². The van der Waals surface area contributed by atoms with Crippen LogP contribution in [0.2, 0.25) is 0 Å². The Balaban J connectivity index is 3.23. The largest absolute Gasteiger partial charge is 0.506 e. The maximum atomic E-state index is 12.2. The lowest BCUT2D eigenvalue weighted by Gasteiger charge is -2.08. The van der Waals surface area contributed by atoms with Gasteiger partial charge in [-0.25, -0.2) is 8.78 Å². The van der Waals surface area contributed by atoms with Crippen molar-refractivity contribution in [3.8, 4) is 5.75 Å². The summed E-state index contributed by atoms with van der Waals surface area (Å²) in [7, 11) is 0. The molecule has 0 radical (unpaired) electrons.